The van der Waals surface area contributed by atoms with Crippen LogP contribution in [0.1, 0.15) is 18.5 Å². The fourth-order valence-corrected chi connectivity index (χ4v) is 1.67. The molecule has 1 unspecified atom stereocenters. The lowest BCUT2D eigenvalue weighted by atomic mass is 10.2. The zero-order chi connectivity index (χ0) is 9.84. The van der Waals surface area contributed by atoms with E-state index in [2.05, 4.69) is 38.9 Å². The quantitative estimate of drug-likeness (QED) is 0.671. The van der Waals surface area contributed by atoms with E-state index in [9.17, 15) is 0 Å². The molecule has 0 aliphatic rings. The van der Waals surface area contributed by atoms with Gasteiger partial charge in [0.15, 0.2) is 0 Å². The molecule has 1 aromatic heterocycles. The van der Waals surface area contributed by atoms with Crippen LogP contribution in [-0.2, 0) is 7.05 Å². The second-order valence-corrected chi connectivity index (χ2v) is 3.69. The molecule has 1 N–H and O–H groups in total. The normalized spacial score (nSPS) is 12.5. The van der Waals surface area contributed by atoms with Gasteiger partial charge in [-0.05, 0) is 29.1 Å². The Kier molecular flexibility index (Phi) is 3.75. The molecule has 0 aliphatic heterocycles. The number of hydrogen-bond acceptors (Lipinski definition) is 2. The van der Waals surface area contributed by atoms with Gasteiger partial charge >= 0.3 is 0 Å². The number of nitrogens with zero attached hydrogens (tertiary/aromatic N) is 2. The van der Waals surface area contributed by atoms with Crippen LogP contribution in [-0.4, -0.2) is 16.3 Å². The summed E-state index contributed by atoms with van der Waals surface area (Å²) >= 11 is 2.24. The molecule has 4 heteroatoms. The third-order valence-electron chi connectivity index (χ3n) is 1.78. The van der Waals surface area contributed by atoms with Crippen LogP contribution in [0.2, 0.25) is 0 Å². The van der Waals surface area contributed by atoms with Gasteiger partial charge in [0.25, 0.3) is 0 Å². The lowest BCUT2D eigenvalue weighted by molar-refractivity contribution is 0.659. The van der Waals surface area contributed by atoms with Crippen LogP contribution in [0.3, 0.4) is 0 Å². The van der Waals surface area contributed by atoms with E-state index in [0.29, 0.717) is 0 Å². The summed E-state index contributed by atoms with van der Waals surface area (Å²) in [5, 5.41) is 7.35. The van der Waals surface area contributed by atoms with E-state index in [0.717, 1.165) is 15.8 Å². The summed E-state index contributed by atoms with van der Waals surface area (Å²) < 4.78 is 2.90. The van der Waals surface area contributed by atoms with Crippen molar-refractivity contribution in [1.82, 2.24) is 15.1 Å². The molecule has 1 aromatic rings. The summed E-state index contributed by atoms with van der Waals surface area (Å²) in [5.74, 6) is 2.70. The number of halogens is 1. The Balaban J connectivity index is 2.93. The largest absolute Gasteiger partial charge is 0.300 e. The second-order valence-electron chi connectivity index (χ2n) is 2.67. The molecule has 0 saturated carbocycles. The number of terminal acetylenes is 1. The van der Waals surface area contributed by atoms with Gasteiger partial charge in [-0.1, -0.05) is 12.8 Å². The zero-order valence-corrected chi connectivity index (χ0v) is 9.87. The first-order chi connectivity index (χ1) is 6.20. The van der Waals surface area contributed by atoms with Crippen LogP contribution in [0.15, 0.2) is 6.20 Å². The van der Waals surface area contributed by atoms with Gasteiger partial charge in [0.05, 0.1) is 12.2 Å². The monoisotopic (exact) mass is 289 g/mol. The zero-order valence-electron chi connectivity index (χ0n) is 7.71. The lowest BCUT2D eigenvalue weighted by Gasteiger charge is -2.09. The van der Waals surface area contributed by atoms with E-state index in [1.54, 1.807) is 0 Å². The number of rotatable bonds is 3. The number of aryl methyl sites for hydroxylation is 1. The third kappa shape index (κ3) is 2.23. The predicted molar refractivity (Wildman–Crippen MR) is 61.2 cm³/mol. The molecule has 1 heterocycles. The maximum absolute atomic E-state index is 5.42. The molecule has 70 valence electrons. The maximum atomic E-state index is 5.42. The Morgan fingerprint density at radius 3 is 2.92 bits per heavy atom. The van der Waals surface area contributed by atoms with Crippen molar-refractivity contribution in [2.75, 3.05) is 6.54 Å². The SMILES string of the molecule is C#CC(NCC)c1cnn(C)c1I. The van der Waals surface area contributed by atoms with Crippen molar-refractivity contribution in [2.45, 2.75) is 13.0 Å². The van der Waals surface area contributed by atoms with Crippen molar-refractivity contribution in [3.63, 3.8) is 0 Å². The highest BCUT2D eigenvalue weighted by atomic mass is 127. The Hall–Kier alpha value is -0.540. The van der Waals surface area contributed by atoms with Gasteiger partial charge in [-0.25, -0.2) is 0 Å². The molecular weight excluding hydrogens is 277 g/mol. The molecule has 13 heavy (non-hydrogen) atoms. The highest BCUT2D eigenvalue weighted by Crippen LogP contribution is 2.18. The van der Waals surface area contributed by atoms with E-state index in [1.165, 1.54) is 0 Å². The Morgan fingerprint density at radius 2 is 2.54 bits per heavy atom. The van der Waals surface area contributed by atoms with E-state index in [4.69, 9.17) is 6.42 Å². The minimum Gasteiger partial charge on any atom is -0.300 e. The van der Waals surface area contributed by atoms with Gasteiger partial charge in [-0.2, -0.15) is 5.10 Å². The molecule has 0 bridgehead atoms. The number of aromatic nitrogens is 2. The number of nitrogens with one attached hydrogen (secondary N) is 1. The predicted octanol–water partition coefficient (Wildman–Crippen LogP) is 1.31. The topological polar surface area (TPSA) is 29.9 Å². The molecule has 0 aromatic carbocycles. The third-order valence-corrected chi connectivity index (χ3v) is 3.10. The van der Waals surface area contributed by atoms with Crippen molar-refractivity contribution >= 4 is 22.6 Å². The van der Waals surface area contributed by atoms with Crippen LogP contribution in [0, 0.1) is 16.0 Å². The molecule has 3 nitrogen and oxygen atoms in total. The van der Waals surface area contributed by atoms with Crippen LogP contribution in [0.5, 0.6) is 0 Å². The van der Waals surface area contributed by atoms with E-state index in [-0.39, 0.29) is 6.04 Å². The van der Waals surface area contributed by atoms with Crippen LogP contribution in [0.4, 0.5) is 0 Å². The molecule has 0 fully saturated rings. The highest BCUT2D eigenvalue weighted by molar-refractivity contribution is 14.1. The Morgan fingerprint density at radius 1 is 1.85 bits per heavy atom. The van der Waals surface area contributed by atoms with E-state index < -0.39 is 0 Å². The molecule has 0 amide bonds. The van der Waals surface area contributed by atoms with Crippen molar-refractivity contribution in [3.05, 3.63) is 15.5 Å². The fraction of sp³-hybridized carbons (Fsp3) is 0.444. The van der Waals surface area contributed by atoms with Gasteiger partial charge in [-0.3, -0.25) is 4.68 Å². The number of hydrogen-bond donors (Lipinski definition) is 1. The summed E-state index contributed by atoms with van der Waals surface area (Å²) in [4.78, 5) is 0. The van der Waals surface area contributed by atoms with Gasteiger partial charge in [0.2, 0.25) is 0 Å². The van der Waals surface area contributed by atoms with Crippen molar-refractivity contribution in [3.8, 4) is 12.3 Å². The fourth-order valence-electron chi connectivity index (χ4n) is 1.10. The standard InChI is InChI=1S/C9H12IN3/c1-4-8(11-5-2)7-6-12-13(3)9(7)10/h1,6,8,11H,5H2,2-3H3. The highest BCUT2D eigenvalue weighted by Gasteiger charge is 2.13. The minimum atomic E-state index is -0.0226. The first kappa shape index (κ1) is 10.5. The summed E-state index contributed by atoms with van der Waals surface area (Å²) in [7, 11) is 1.91. The first-order valence-electron chi connectivity index (χ1n) is 4.07. The summed E-state index contributed by atoms with van der Waals surface area (Å²) in [6.45, 7) is 2.90. The second kappa shape index (κ2) is 4.63. The first-order valence-corrected chi connectivity index (χ1v) is 5.15. The molecule has 0 spiro atoms. The summed E-state index contributed by atoms with van der Waals surface area (Å²) in [5.41, 5.74) is 1.08. The van der Waals surface area contributed by atoms with E-state index >= 15 is 0 Å². The molecule has 1 rings (SSSR count). The lowest BCUT2D eigenvalue weighted by Crippen LogP contribution is -2.19. The molecule has 0 saturated heterocycles. The average Bonchev–Trinajstić information content (AvgIpc) is 2.45. The molecule has 0 aliphatic carbocycles. The maximum Gasteiger partial charge on any atom is 0.104 e. The van der Waals surface area contributed by atoms with Crippen molar-refractivity contribution < 1.29 is 0 Å². The summed E-state index contributed by atoms with van der Waals surface area (Å²) in [6.07, 6.45) is 7.23. The Labute approximate surface area is 92.0 Å². The van der Waals surface area contributed by atoms with Crippen LogP contribution in [0.25, 0.3) is 0 Å². The summed E-state index contributed by atoms with van der Waals surface area (Å²) in [6, 6.07) is -0.0226. The smallest absolute Gasteiger partial charge is 0.104 e. The average molecular weight is 289 g/mol. The molecule has 1 atom stereocenters. The van der Waals surface area contributed by atoms with Crippen LogP contribution < -0.4 is 5.32 Å². The van der Waals surface area contributed by atoms with Gasteiger partial charge < -0.3 is 5.32 Å². The molecular formula is C9H12IN3. The van der Waals surface area contributed by atoms with Gasteiger partial charge in [0, 0.05) is 12.6 Å². The van der Waals surface area contributed by atoms with E-state index in [1.807, 2.05) is 24.9 Å². The van der Waals surface area contributed by atoms with Crippen LogP contribution >= 0.6 is 22.6 Å². The van der Waals surface area contributed by atoms with Gasteiger partial charge in [0.1, 0.15) is 3.70 Å². The van der Waals surface area contributed by atoms with Crippen molar-refractivity contribution in [1.29, 1.82) is 0 Å². The van der Waals surface area contributed by atoms with Crippen molar-refractivity contribution in [2.24, 2.45) is 7.05 Å². The molecule has 0 radical (unpaired) electrons. The Bertz CT molecular complexity index is 324. The van der Waals surface area contributed by atoms with Gasteiger partial charge in [-0.15, -0.1) is 6.42 Å². The minimum absolute atomic E-state index is 0.0226.